The van der Waals surface area contributed by atoms with Crippen LogP contribution in [0.25, 0.3) is 88.1 Å². The first-order valence-electron chi connectivity index (χ1n) is 17.0. The number of aromatic nitrogens is 2. The number of para-hydroxylation sites is 2. The van der Waals surface area contributed by atoms with E-state index in [1.807, 2.05) is 47.0 Å². The fourth-order valence-electron chi connectivity index (χ4n) is 8.07. The van der Waals surface area contributed by atoms with Crippen LogP contribution in [-0.4, -0.2) is 71.9 Å². The van der Waals surface area contributed by atoms with E-state index in [0.29, 0.717) is 21.8 Å². The van der Waals surface area contributed by atoms with Crippen molar-refractivity contribution in [3.63, 3.8) is 0 Å². The molecule has 226 valence electrons. The minimum Gasteiger partial charge on any atom is -0.454 e. The second-order valence-electron chi connectivity index (χ2n) is 13.5. The number of fused-ring (bicyclic) bond motifs is 10. The van der Waals surface area contributed by atoms with Gasteiger partial charge < -0.3 is 13.6 Å². The van der Waals surface area contributed by atoms with Gasteiger partial charge in [-0.1, -0.05) is 88.6 Å². The van der Waals surface area contributed by atoms with Crippen LogP contribution in [0, 0.1) is 0 Å². The van der Waals surface area contributed by atoms with Crippen LogP contribution in [0.1, 0.15) is 0 Å². The van der Waals surface area contributed by atoms with Crippen molar-refractivity contribution in [2.45, 2.75) is 0 Å². The van der Waals surface area contributed by atoms with Crippen molar-refractivity contribution in [2.75, 3.05) is 0 Å². The molecule has 3 heterocycles. The zero-order chi connectivity index (χ0) is 36.4. The van der Waals surface area contributed by atoms with Crippen LogP contribution in [0.5, 0.6) is 0 Å². The van der Waals surface area contributed by atoms with Gasteiger partial charge in [0.2, 0.25) is 0 Å². The molecule has 0 saturated carbocycles. The first kappa shape index (κ1) is 32.1. The average molecular weight is 653 g/mol. The molecule has 0 aliphatic rings. The molecule has 0 saturated heterocycles. The van der Waals surface area contributed by atoms with Crippen molar-refractivity contribution < 1.29 is 4.42 Å². The van der Waals surface area contributed by atoms with Crippen LogP contribution in [0.4, 0.5) is 0 Å². The molecule has 3 nitrogen and oxygen atoms in total. The van der Waals surface area contributed by atoms with Gasteiger partial charge >= 0.3 is 0 Å². The van der Waals surface area contributed by atoms with E-state index in [9.17, 15) is 0 Å². The summed E-state index contributed by atoms with van der Waals surface area (Å²) in [5.41, 5.74) is 10.2. The summed E-state index contributed by atoms with van der Waals surface area (Å²) in [7, 11) is 51.6. The summed E-state index contributed by atoms with van der Waals surface area (Å²) in [5, 5.41) is 5.49. The lowest BCUT2D eigenvalue weighted by Crippen LogP contribution is -2.49. The zero-order valence-corrected chi connectivity index (χ0v) is 28.3. The molecule has 0 spiro atoms. The molecule has 53 heavy (non-hydrogen) atoms. The van der Waals surface area contributed by atoms with Crippen molar-refractivity contribution in [3.05, 3.63) is 109 Å². The van der Waals surface area contributed by atoms with E-state index in [1.165, 1.54) is 0 Å². The number of furan rings is 1. The topological polar surface area (TPSA) is 23.0 Å². The molecule has 0 bridgehead atoms. The lowest BCUT2D eigenvalue weighted by Gasteiger charge is -2.17. The second kappa shape index (κ2) is 11.5. The number of benzene rings is 7. The summed E-state index contributed by atoms with van der Waals surface area (Å²) >= 11 is 0. The molecule has 16 radical (unpaired) electrons. The highest BCUT2D eigenvalue weighted by molar-refractivity contribution is 6.71. The summed E-state index contributed by atoms with van der Waals surface area (Å²) in [4.78, 5) is 0. The fraction of sp³-hybridized carbons (Fsp3) is 0. The van der Waals surface area contributed by atoms with E-state index < -0.39 is 0 Å². The van der Waals surface area contributed by atoms with Crippen LogP contribution in [0.15, 0.2) is 114 Å². The van der Waals surface area contributed by atoms with Crippen LogP contribution in [0.3, 0.4) is 0 Å². The lowest BCUT2D eigenvalue weighted by molar-refractivity contribution is 0.671. The van der Waals surface area contributed by atoms with Crippen molar-refractivity contribution in [1.82, 2.24) is 9.13 Å². The summed E-state index contributed by atoms with van der Waals surface area (Å²) in [6.45, 7) is 0. The maximum atomic E-state index is 6.63. The predicted octanol–water partition coefficient (Wildman–Crippen LogP) is 1.80. The highest BCUT2D eigenvalue weighted by Crippen LogP contribution is 2.40. The molecule has 10 aromatic rings. The number of nitrogens with zero attached hydrogens (tertiary/aromatic N) is 2. The van der Waals surface area contributed by atoms with Gasteiger partial charge in [-0.15, -0.1) is 21.9 Å². The van der Waals surface area contributed by atoms with Gasteiger partial charge in [-0.25, -0.2) is 0 Å². The average Bonchev–Trinajstić information content (AvgIpc) is 3.86. The van der Waals surface area contributed by atoms with Gasteiger partial charge in [0.15, 0.2) is 5.58 Å². The molecule has 7 aromatic carbocycles. The van der Waals surface area contributed by atoms with E-state index in [0.717, 1.165) is 66.2 Å². The molecule has 10 rings (SSSR count). The van der Waals surface area contributed by atoms with E-state index in [4.69, 9.17) is 67.2 Å². The number of hydrogen-bond acceptors (Lipinski definition) is 1. The molecule has 0 atom stereocenters. The van der Waals surface area contributed by atoms with Crippen molar-refractivity contribution >= 4 is 172 Å². The molecule has 0 amide bonds. The monoisotopic (exact) mass is 654 g/mol. The quantitative estimate of drug-likeness (QED) is 0.267. The Balaban J connectivity index is 1.12. The standard InChI is InChI=1S/C42H18B8N2O/c43-31-29-30-32(44)34(46)36(48)38(50)41(30)52(40(29)37(49)35(47)33(31)45)22-15-11-20(12-16-22)19-9-13-21(14-10-19)51-27-7-3-1-5-23(27)25-17-18-26-24-6-2-4-8-28(24)53-42(26)39(25)51/h1-18H. The van der Waals surface area contributed by atoms with Gasteiger partial charge in [-0.2, -0.15) is 0 Å². The van der Waals surface area contributed by atoms with Crippen LogP contribution in [0.2, 0.25) is 0 Å². The molecule has 0 N–H and O–H groups in total. The van der Waals surface area contributed by atoms with Crippen molar-refractivity contribution in [2.24, 2.45) is 0 Å². The van der Waals surface area contributed by atoms with Gasteiger partial charge in [0.05, 0.1) is 11.0 Å². The second-order valence-corrected chi connectivity index (χ2v) is 13.5. The predicted molar refractivity (Wildman–Crippen MR) is 231 cm³/mol. The van der Waals surface area contributed by atoms with Gasteiger partial charge in [-0.05, 0) is 64.4 Å². The Bertz CT molecular complexity index is 3120. The lowest BCUT2D eigenvalue weighted by atomic mass is 9.63. The highest BCUT2D eigenvalue weighted by Gasteiger charge is 2.23. The SMILES string of the molecule is [B]c1c([B])c([B])c2c(c1[B])c1c([B])c([B])c([B])c([B])c1n2-c1ccc(-c2ccc(-n3c4ccccc4c4ccc5c6ccccc6oc5c43)cc2)cc1. The molecule has 11 heteroatoms. The minimum absolute atomic E-state index is 0.157. The molecule has 0 aliphatic carbocycles. The highest BCUT2D eigenvalue weighted by atomic mass is 16.3. The smallest absolute Gasteiger partial charge is 0.160 e. The number of rotatable bonds is 3. The Morgan fingerprint density at radius 3 is 1.42 bits per heavy atom. The third-order valence-corrected chi connectivity index (χ3v) is 10.7. The van der Waals surface area contributed by atoms with Crippen molar-refractivity contribution in [1.29, 1.82) is 0 Å². The molecule has 3 aromatic heterocycles. The third-order valence-electron chi connectivity index (χ3n) is 10.7. The summed E-state index contributed by atoms with van der Waals surface area (Å²) < 4.78 is 10.7. The van der Waals surface area contributed by atoms with Crippen LogP contribution >= 0.6 is 0 Å². The van der Waals surface area contributed by atoms with Gasteiger partial charge in [0, 0.05) is 44.0 Å². The molecular weight excluding hydrogens is 635 g/mol. The van der Waals surface area contributed by atoms with Gasteiger partial charge in [0.1, 0.15) is 68.4 Å². The van der Waals surface area contributed by atoms with Gasteiger partial charge in [0.25, 0.3) is 0 Å². The Labute approximate surface area is 316 Å². The normalized spacial score (nSPS) is 12.0. The van der Waals surface area contributed by atoms with E-state index in [2.05, 4.69) is 71.3 Å². The number of hydrogen-bond donors (Lipinski definition) is 0. The molecule has 0 fully saturated rings. The Hall–Kier alpha value is -5.54. The fourth-order valence-corrected chi connectivity index (χ4v) is 8.07. The van der Waals surface area contributed by atoms with E-state index in [-0.39, 0.29) is 43.7 Å². The van der Waals surface area contributed by atoms with E-state index >= 15 is 0 Å². The largest absolute Gasteiger partial charge is 0.454 e. The molecule has 0 aliphatic heterocycles. The van der Waals surface area contributed by atoms with Crippen LogP contribution in [-0.2, 0) is 0 Å². The summed E-state index contributed by atoms with van der Waals surface area (Å²) in [5.74, 6) is 0. The Kier molecular flexibility index (Phi) is 6.96. The maximum Gasteiger partial charge on any atom is 0.160 e. The first-order valence-corrected chi connectivity index (χ1v) is 17.0. The van der Waals surface area contributed by atoms with Gasteiger partial charge in [-0.3, -0.25) is 0 Å². The molecular formula is C42H18B8N2O. The van der Waals surface area contributed by atoms with E-state index in [1.54, 1.807) is 0 Å². The van der Waals surface area contributed by atoms with Crippen LogP contribution < -0.4 is 43.7 Å². The van der Waals surface area contributed by atoms with Crippen molar-refractivity contribution in [3.8, 4) is 22.5 Å². The minimum atomic E-state index is 0.157. The third kappa shape index (κ3) is 4.34. The Morgan fingerprint density at radius 2 is 0.830 bits per heavy atom. The summed E-state index contributed by atoms with van der Waals surface area (Å²) in [6.07, 6.45) is 0. The maximum absolute atomic E-state index is 6.63. The summed E-state index contributed by atoms with van der Waals surface area (Å²) in [6, 6.07) is 37.5. The zero-order valence-electron chi connectivity index (χ0n) is 28.3. The Morgan fingerprint density at radius 1 is 0.358 bits per heavy atom. The first-order chi connectivity index (χ1) is 25.7. The molecule has 0 unspecified atom stereocenters.